The van der Waals surface area contributed by atoms with Crippen molar-refractivity contribution in [2.24, 2.45) is 5.92 Å². The Hall–Kier alpha value is -1.94. The second kappa shape index (κ2) is 5.06. The van der Waals surface area contributed by atoms with Gasteiger partial charge >= 0.3 is 0 Å². The Balaban J connectivity index is 1.75. The Bertz CT molecular complexity index is 749. The summed E-state index contributed by atoms with van der Waals surface area (Å²) in [7, 11) is 2.11. The molecule has 2 heterocycles. The molecule has 1 aliphatic heterocycles. The van der Waals surface area contributed by atoms with Gasteiger partial charge in [-0.3, -0.25) is 4.79 Å². The SMILES string of the molecule is CN1CC(C(=O)CC=O)C[C@@H]2c3cccc4[nH]cc(c34)C[C@H]21. The smallest absolute Gasteiger partial charge is 0.144 e. The minimum atomic E-state index is -0.0211. The third-order valence-electron chi connectivity index (χ3n) is 5.47. The molecule has 0 saturated carbocycles. The number of hydrogen-bond donors (Lipinski definition) is 1. The highest BCUT2D eigenvalue weighted by Crippen LogP contribution is 2.44. The minimum Gasteiger partial charge on any atom is -0.361 e. The van der Waals surface area contributed by atoms with Crippen LogP contribution in [0.2, 0.25) is 0 Å². The molecule has 114 valence electrons. The Morgan fingerprint density at radius 2 is 2.32 bits per heavy atom. The number of likely N-dealkylation sites (N-methyl/N-ethyl adjacent to an activating group) is 1. The average molecular weight is 296 g/mol. The molecule has 1 fully saturated rings. The summed E-state index contributed by atoms with van der Waals surface area (Å²) >= 11 is 0. The number of nitrogens with one attached hydrogen (secondary N) is 1. The number of likely N-dealkylation sites (tertiary alicyclic amines) is 1. The number of benzene rings is 1. The highest BCUT2D eigenvalue weighted by Gasteiger charge is 2.40. The first-order valence-electron chi connectivity index (χ1n) is 7.94. The molecule has 0 amide bonds. The summed E-state index contributed by atoms with van der Waals surface area (Å²) in [5.74, 6) is 0.450. The lowest BCUT2D eigenvalue weighted by molar-refractivity contribution is -0.127. The van der Waals surface area contributed by atoms with Crippen molar-refractivity contribution in [3.05, 3.63) is 35.5 Å². The molecule has 0 bridgehead atoms. The number of H-pyrrole nitrogens is 1. The van der Waals surface area contributed by atoms with E-state index >= 15 is 0 Å². The van der Waals surface area contributed by atoms with Gasteiger partial charge in [-0.15, -0.1) is 0 Å². The second-order valence-corrected chi connectivity index (χ2v) is 6.67. The van der Waals surface area contributed by atoms with Gasteiger partial charge in [-0.2, -0.15) is 0 Å². The van der Waals surface area contributed by atoms with Crippen molar-refractivity contribution in [1.82, 2.24) is 9.88 Å². The Morgan fingerprint density at radius 3 is 3.14 bits per heavy atom. The molecule has 2 aliphatic rings. The molecule has 4 nitrogen and oxygen atoms in total. The lowest BCUT2D eigenvalue weighted by Crippen LogP contribution is -2.49. The van der Waals surface area contributed by atoms with Crippen LogP contribution in [-0.4, -0.2) is 41.6 Å². The number of ketones is 1. The molecular weight excluding hydrogens is 276 g/mol. The summed E-state index contributed by atoms with van der Waals surface area (Å²) in [6.07, 6.45) is 4.82. The predicted octanol–water partition coefficient (Wildman–Crippen LogP) is 2.29. The van der Waals surface area contributed by atoms with Gasteiger partial charge in [-0.1, -0.05) is 12.1 Å². The van der Waals surface area contributed by atoms with Crippen LogP contribution in [0.15, 0.2) is 24.4 Å². The van der Waals surface area contributed by atoms with Crippen LogP contribution in [0.4, 0.5) is 0 Å². The molecule has 1 aromatic heterocycles. The maximum Gasteiger partial charge on any atom is 0.144 e. The molecule has 1 N–H and O–H groups in total. The van der Waals surface area contributed by atoms with Crippen molar-refractivity contribution in [3.8, 4) is 0 Å². The number of carbonyl (C=O) groups excluding carboxylic acids is 2. The van der Waals surface area contributed by atoms with Gasteiger partial charge < -0.3 is 14.7 Å². The zero-order valence-electron chi connectivity index (χ0n) is 12.7. The van der Waals surface area contributed by atoms with E-state index in [9.17, 15) is 9.59 Å². The maximum absolute atomic E-state index is 12.2. The second-order valence-electron chi connectivity index (χ2n) is 6.67. The molecule has 1 saturated heterocycles. The predicted molar refractivity (Wildman–Crippen MR) is 85.0 cm³/mol. The van der Waals surface area contributed by atoms with E-state index in [1.165, 1.54) is 22.0 Å². The molecule has 2 aromatic rings. The third-order valence-corrected chi connectivity index (χ3v) is 5.47. The molecular formula is C18H20N2O2. The van der Waals surface area contributed by atoms with Crippen LogP contribution >= 0.6 is 0 Å². The minimum absolute atomic E-state index is 0.0211. The summed E-state index contributed by atoms with van der Waals surface area (Å²) in [5, 5.41) is 1.35. The van der Waals surface area contributed by atoms with Gasteiger partial charge in [0.05, 0.1) is 6.42 Å². The fourth-order valence-electron chi connectivity index (χ4n) is 4.42. The van der Waals surface area contributed by atoms with Crippen molar-refractivity contribution in [2.45, 2.75) is 31.2 Å². The number of aromatic nitrogens is 1. The lowest BCUT2D eigenvalue weighted by atomic mass is 9.71. The van der Waals surface area contributed by atoms with E-state index in [0.29, 0.717) is 12.0 Å². The molecule has 1 aliphatic carbocycles. The highest BCUT2D eigenvalue weighted by molar-refractivity contribution is 5.92. The van der Waals surface area contributed by atoms with Crippen LogP contribution in [-0.2, 0) is 16.0 Å². The number of hydrogen-bond acceptors (Lipinski definition) is 3. The van der Waals surface area contributed by atoms with Crippen LogP contribution in [0.5, 0.6) is 0 Å². The maximum atomic E-state index is 12.2. The van der Waals surface area contributed by atoms with Gasteiger partial charge in [0.15, 0.2) is 0 Å². The van der Waals surface area contributed by atoms with Crippen molar-refractivity contribution in [1.29, 1.82) is 0 Å². The van der Waals surface area contributed by atoms with Crippen molar-refractivity contribution in [2.75, 3.05) is 13.6 Å². The molecule has 0 spiro atoms. The summed E-state index contributed by atoms with van der Waals surface area (Å²) in [6, 6.07) is 6.87. The molecule has 1 unspecified atom stereocenters. The average Bonchev–Trinajstić information content (AvgIpc) is 2.93. The van der Waals surface area contributed by atoms with Gasteiger partial charge in [0.1, 0.15) is 12.1 Å². The van der Waals surface area contributed by atoms with Crippen molar-refractivity contribution < 1.29 is 9.59 Å². The van der Waals surface area contributed by atoms with Crippen LogP contribution < -0.4 is 0 Å². The number of Topliss-reactive ketones (excluding diaryl/α,β-unsaturated/α-hetero) is 1. The topological polar surface area (TPSA) is 53.2 Å². The summed E-state index contributed by atoms with van der Waals surface area (Å²) in [5.41, 5.74) is 3.94. The van der Waals surface area contributed by atoms with E-state index in [4.69, 9.17) is 0 Å². The summed E-state index contributed by atoms with van der Waals surface area (Å²) in [6.45, 7) is 0.767. The standard InChI is InChI=1S/C18H20N2O2/c1-20-10-12(17(22)5-6-21)7-14-13-3-2-4-15-18(13)11(9-19-15)8-16(14)20/h2-4,6,9,12,14,16,19H,5,7-8,10H2,1H3/t12?,14-,16-/m1/s1. The highest BCUT2D eigenvalue weighted by atomic mass is 16.1. The van der Waals surface area contributed by atoms with E-state index < -0.39 is 0 Å². The first-order chi connectivity index (χ1) is 10.7. The summed E-state index contributed by atoms with van der Waals surface area (Å²) in [4.78, 5) is 28.5. The zero-order valence-corrected chi connectivity index (χ0v) is 12.7. The van der Waals surface area contributed by atoms with E-state index in [2.05, 4.69) is 41.3 Å². The zero-order chi connectivity index (χ0) is 15.3. The van der Waals surface area contributed by atoms with E-state index in [-0.39, 0.29) is 18.1 Å². The molecule has 4 heteroatoms. The monoisotopic (exact) mass is 296 g/mol. The van der Waals surface area contributed by atoms with Crippen LogP contribution in [0, 0.1) is 5.92 Å². The van der Waals surface area contributed by atoms with Crippen LogP contribution in [0.3, 0.4) is 0 Å². The fraction of sp³-hybridized carbons (Fsp3) is 0.444. The van der Waals surface area contributed by atoms with E-state index in [0.717, 1.165) is 25.7 Å². The first-order valence-corrected chi connectivity index (χ1v) is 7.94. The number of aldehydes is 1. The van der Waals surface area contributed by atoms with Crippen LogP contribution in [0.1, 0.15) is 29.9 Å². The number of aromatic amines is 1. The van der Waals surface area contributed by atoms with Gasteiger partial charge in [-0.05, 0) is 37.1 Å². The Morgan fingerprint density at radius 1 is 1.45 bits per heavy atom. The lowest BCUT2D eigenvalue weighted by Gasteiger charge is -2.45. The van der Waals surface area contributed by atoms with Gasteiger partial charge in [0.2, 0.25) is 0 Å². The van der Waals surface area contributed by atoms with E-state index in [1.54, 1.807) is 0 Å². The molecule has 3 atom stereocenters. The largest absolute Gasteiger partial charge is 0.361 e. The number of fused-ring (bicyclic) bond motifs is 2. The first kappa shape index (κ1) is 13.7. The quantitative estimate of drug-likeness (QED) is 0.698. The number of piperidine rings is 1. The van der Waals surface area contributed by atoms with Gasteiger partial charge in [-0.25, -0.2) is 0 Å². The third kappa shape index (κ3) is 1.94. The van der Waals surface area contributed by atoms with Crippen molar-refractivity contribution in [3.63, 3.8) is 0 Å². The van der Waals surface area contributed by atoms with Gasteiger partial charge in [0.25, 0.3) is 0 Å². The Labute approximate surface area is 129 Å². The Kier molecular flexibility index (Phi) is 3.15. The van der Waals surface area contributed by atoms with E-state index in [1.807, 2.05) is 0 Å². The number of carbonyl (C=O) groups is 2. The fourth-order valence-corrected chi connectivity index (χ4v) is 4.42. The molecule has 0 radical (unpaired) electrons. The number of nitrogens with zero attached hydrogens (tertiary/aromatic N) is 1. The van der Waals surface area contributed by atoms with Crippen LogP contribution in [0.25, 0.3) is 10.9 Å². The summed E-state index contributed by atoms with van der Waals surface area (Å²) < 4.78 is 0. The number of rotatable bonds is 3. The molecule has 22 heavy (non-hydrogen) atoms. The molecule has 4 rings (SSSR count). The van der Waals surface area contributed by atoms with Crippen molar-refractivity contribution >= 4 is 23.0 Å². The van der Waals surface area contributed by atoms with Gasteiger partial charge in [0, 0.05) is 41.5 Å². The normalized spacial score (nSPS) is 27.6. The molecule has 1 aromatic carbocycles.